The first-order valence-corrected chi connectivity index (χ1v) is 3.99. The molecule has 0 saturated carbocycles. The summed E-state index contributed by atoms with van der Waals surface area (Å²) >= 11 is 0. The van der Waals surface area contributed by atoms with Crippen LogP contribution in [0.5, 0.6) is 0 Å². The average molecular weight is 158 g/mol. The van der Waals surface area contributed by atoms with Crippen LogP contribution in [0.15, 0.2) is 0 Å². The zero-order valence-corrected chi connectivity index (χ0v) is 6.79. The summed E-state index contributed by atoms with van der Waals surface area (Å²) in [6, 6.07) is 0. The number of hydrogen-bond acceptors (Lipinski definition) is 3. The second kappa shape index (κ2) is 4.46. The van der Waals surface area contributed by atoms with Crippen molar-refractivity contribution in [2.75, 3.05) is 13.2 Å². The molecular weight excluding hydrogens is 144 g/mol. The Labute approximate surface area is 66.7 Å². The van der Waals surface area contributed by atoms with Crippen LogP contribution < -0.4 is 0 Å². The monoisotopic (exact) mass is 158 g/mol. The molecule has 0 amide bonds. The van der Waals surface area contributed by atoms with Crippen LogP contribution in [-0.2, 0) is 14.3 Å². The number of hydrogen-bond donors (Lipinski definition) is 0. The summed E-state index contributed by atoms with van der Waals surface area (Å²) in [6.45, 7) is 3.27. The van der Waals surface area contributed by atoms with Crippen LogP contribution in [-0.4, -0.2) is 31.7 Å². The normalized spacial score (nSPS) is 31.7. The number of carbonyl (C=O) groups is 1. The zero-order valence-electron chi connectivity index (χ0n) is 6.79. The van der Waals surface area contributed by atoms with Crippen molar-refractivity contribution in [2.24, 2.45) is 0 Å². The van der Waals surface area contributed by atoms with Crippen LogP contribution in [0.4, 0.5) is 0 Å². The Morgan fingerprint density at radius 3 is 2.82 bits per heavy atom. The maximum Gasteiger partial charge on any atom is 0.120 e. The molecule has 0 aliphatic carbocycles. The molecule has 0 aromatic rings. The van der Waals surface area contributed by atoms with E-state index in [1.165, 1.54) is 0 Å². The Morgan fingerprint density at radius 1 is 1.45 bits per heavy atom. The van der Waals surface area contributed by atoms with Gasteiger partial charge in [-0.3, -0.25) is 0 Å². The van der Waals surface area contributed by atoms with Crippen molar-refractivity contribution in [3.05, 3.63) is 0 Å². The predicted octanol–water partition coefficient (Wildman–Crippen LogP) is 0.769. The Kier molecular flexibility index (Phi) is 3.52. The van der Waals surface area contributed by atoms with Gasteiger partial charge in [0.1, 0.15) is 6.29 Å². The standard InChI is InChI=1S/C8H14O3/c1-7-5-11-8(6-10-7)3-2-4-9/h4,7-8H,2-3,5-6H2,1H3. The van der Waals surface area contributed by atoms with Crippen molar-refractivity contribution < 1.29 is 14.3 Å². The van der Waals surface area contributed by atoms with Crippen molar-refractivity contribution in [2.45, 2.75) is 32.0 Å². The third kappa shape index (κ3) is 2.99. The van der Waals surface area contributed by atoms with Gasteiger partial charge in [-0.25, -0.2) is 0 Å². The molecule has 2 unspecified atom stereocenters. The summed E-state index contributed by atoms with van der Waals surface area (Å²) in [7, 11) is 0. The van der Waals surface area contributed by atoms with Crippen molar-refractivity contribution in [1.29, 1.82) is 0 Å². The molecule has 0 radical (unpaired) electrons. The number of ether oxygens (including phenoxy) is 2. The Bertz CT molecular complexity index is 117. The molecule has 1 heterocycles. The number of rotatable bonds is 3. The van der Waals surface area contributed by atoms with Gasteiger partial charge >= 0.3 is 0 Å². The molecule has 1 fully saturated rings. The van der Waals surface area contributed by atoms with E-state index in [9.17, 15) is 4.79 Å². The highest BCUT2D eigenvalue weighted by Crippen LogP contribution is 2.10. The van der Waals surface area contributed by atoms with E-state index in [2.05, 4.69) is 0 Å². The molecule has 0 aromatic heterocycles. The Balaban J connectivity index is 2.12. The number of aldehydes is 1. The topological polar surface area (TPSA) is 35.5 Å². The lowest BCUT2D eigenvalue weighted by atomic mass is 10.2. The molecule has 1 aliphatic rings. The highest BCUT2D eigenvalue weighted by atomic mass is 16.6. The fraction of sp³-hybridized carbons (Fsp3) is 0.875. The minimum absolute atomic E-state index is 0.136. The van der Waals surface area contributed by atoms with Gasteiger partial charge in [0.2, 0.25) is 0 Å². The van der Waals surface area contributed by atoms with Gasteiger partial charge in [-0.2, -0.15) is 0 Å². The molecule has 0 aromatic carbocycles. The summed E-state index contributed by atoms with van der Waals surface area (Å²) < 4.78 is 10.8. The van der Waals surface area contributed by atoms with Crippen LogP contribution >= 0.6 is 0 Å². The molecule has 2 atom stereocenters. The lowest BCUT2D eigenvalue weighted by molar-refractivity contribution is -0.130. The summed E-state index contributed by atoms with van der Waals surface area (Å²) in [5.41, 5.74) is 0. The molecule has 64 valence electrons. The number of carbonyl (C=O) groups excluding carboxylic acids is 1. The summed E-state index contributed by atoms with van der Waals surface area (Å²) in [4.78, 5) is 10.0. The molecule has 1 saturated heterocycles. The minimum Gasteiger partial charge on any atom is -0.373 e. The summed E-state index contributed by atoms with van der Waals surface area (Å²) in [5, 5.41) is 0. The maximum atomic E-state index is 10.0. The molecule has 3 heteroatoms. The average Bonchev–Trinajstić information content (AvgIpc) is 2.04. The van der Waals surface area contributed by atoms with Gasteiger partial charge in [-0.15, -0.1) is 0 Å². The molecule has 1 aliphatic heterocycles. The molecule has 1 rings (SSSR count). The quantitative estimate of drug-likeness (QED) is 0.569. The van der Waals surface area contributed by atoms with Crippen LogP contribution in [0.2, 0.25) is 0 Å². The second-order valence-electron chi connectivity index (χ2n) is 2.84. The second-order valence-corrected chi connectivity index (χ2v) is 2.84. The molecule has 0 spiro atoms. The van der Waals surface area contributed by atoms with Gasteiger partial charge in [0.15, 0.2) is 0 Å². The molecular formula is C8H14O3. The Hall–Kier alpha value is -0.410. The van der Waals surface area contributed by atoms with E-state index in [4.69, 9.17) is 9.47 Å². The fourth-order valence-corrected chi connectivity index (χ4v) is 1.06. The van der Waals surface area contributed by atoms with Crippen molar-refractivity contribution in [3.8, 4) is 0 Å². The van der Waals surface area contributed by atoms with Crippen molar-refractivity contribution in [1.82, 2.24) is 0 Å². The third-order valence-electron chi connectivity index (χ3n) is 1.74. The van der Waals surface area contributed by atoms with E-state index in [-0.39, 0.29) is 12.2 Å². The van der Waals surface area contributed by atoms with E-state index in [1.807, 2.05) is 6.92 Å². The molecule has 0 bridgehead atoms. The van der Waals surface area contributed by atoms with Crippen molar-refractivity contribution in [3.63, 3.8) is 0 Å². The van der Waals surface area contributed by atoms with Crippen LogP contribution in [0.25, 0.3) is 0 Å². The first-order valence-electron chi connectivity index (χ1n) is 3.99. The predicted molar refractivity (Wildman–Crippen MR) is 40.5 cm³/mol. The van der Waals surface area contributed by atoms with E-state index in [0.29, 0.717) is 19.6 Å². The largest absolute Gasteiger partial charge is 0.373 e. The van der Waals surface area contributed by atoms with Crippen molar-refractivity contribution >= 4 is 6.29 Å². The lowest BCUT2D eigenvalue weighted by Gasteiger charge is -2.26. The van der Waals surface area contributed by atoms with Gasteiger partial charge in [-0.1, -0.05) is 0 Å². The third-order valence-corrected chi connectivity index (χ3v) is 1.74. The SMILES string of the molecule is CC1COC(CCC=O)CO1. The highest BCUT2D eigenvalue weighted by Gasteiger charge is 2.17. The Morgan fingerprint density at radius 2 is 2.27 bits per heavy atom. The summed E-state index contributed by atoms with van der Waals surface area (Å²) in [5.74, 6) is 0. The van der Waals surface area contributed by atoms with Crippen LogP contribution in [0, 0.1) is 0 Å². The fourth-order valence-electron chi connectivity index (χ4n) is 1.06. The molecule has 11 heavy (non-hydrogen) atoms. The first kappa shape index (κ1) is 8.68. The lowest BCUT2D eigenvalue weighted by Crippen LogP contribution is -2.33. The van der Waals surface area contributed by atoms with E-state index in [0.717, 1.165) is 12.7 Å². The first-order chi connectivity index (χ1) is 5.33. The van der Waals surface area contributed by atoms with E-state index < -0.39 is 0 Å². The maximum absolute atomic E-state index is 10.0. The van der Waals surface area contributed by atoms with E-state index >= 15 is 0 Å². The van der Waals surface area contributed by atoms with Gasteiger partial charge in [0.25, 0.3) is 0 Å². The van der Waals surface area contributed by atoms with Gasteiger partial charge in [0, 0.05) is 6.42 Å². The summed E-state index contributed by atoms with van der Waals surface area (Å²) in [6.07, 6.45) is 2.62. The van der Waals surface area contributed by atoms with E-state index in [1.54, 1.807) is 0 Å². The molecule has 3 nitrogen and oxygen atoms in total. The minimum atomic E-state index is 0.136. The molecule has 0 N–H and O–H groups in total. The zero-order chi connectivity index (χ0) is 8.10. The van der Waals surface area contributed by atoms with Crippen LogP contribution in [0.1, 0.15) is 19.8 Å². The van der Waals surface area contributed by atoms with Gasteiger partial charge < -0.3 is 14.3 Å². The van der Waals surface area contributed by atoms with Gasteiger partial charge in [0.05, 0.1) is 25.4 Å². The van der Waals surface area contributed by atoms with Gasteiger partial charge in [-0.05, 0) is 13.3 Å². The van der Waals surface area contributed by atoms with Crippen LogP contribution in [0.3, 0.4) is 0 Å². The highest BCUT2D eigenvalue weighted by molar-refractivity contribution is 5.49. The smallest absolute Gasteiger partial charge is 0.120 e.